The van der Waals surface area contributed by atoms with E-state index < -0.39 is 15.7 Å². The maximum Gasteiger partial charge on any atom is 0.291 e. The Morgan fingerprint density at radius 1 is 1.35 bits per heavy atom. The topological polar surface area (TPSA) is 115 Å². The molecule has 2 aromatic rings. The molecule has 0 saturated carbocycles. The molecular weight excluding hydrogens is 282 g/mol. The Kier molecular flexibility index (Phi) is 3.86. The fourth-order valence-corrected chi connectivity index (χ4v) is 2.04. The van der Waals surface area contributed by atoms with Crippen LogP contribution in [0.1, 0.15) is 16.3 Å². The lowest BCUT2D eigenvalue weighted by Gasteiger charge is -2.03. The molecule has 1 amide bonds. The predicted octanol–water partition coefficient (Wildman–Crippen LogP) is 0.789. The molecule has 2 aromatic heterocycles. The van der Waals surface area contributed by atoms with Crippen molar-refractivity contribution in [3.05, 3.63) is 42.0 Å². The first-order valence-corrected chi connectivity index (χ1v) is 7.55. The largest absolute Gasteiger partial charge is 0.455 e. The second kappa shape index (κ2) is 5.43. The molecule has 8 heteroatoms. The van der Waals surface area contributed by atoms with Crippen LogP contribution in [-0.2, 0) is 16.4 Å². The first-order valence-electron chi connectivity index (χ1n) is 5.66. The van der Waals surface area contributed by atoms with Crippen LogP contribution in [0, 0.1) is 0 Å². The average Bonchev–Trinajstić information content (AvgIpc) is 2.87. The lowest BCUT2D eigenvalue weighted by atomic mass is 10.3. The zero-order valence-electron chi connectivity index (χ0n) is 10.7. The molecule has 2 rings (SSSR count). The van der Waals surface area contributed by atoms with Crippen molar-refractivity contribution >= 4 is 21.4 Å². The highest BCUT2D eigenvalue weighted by Gasteiger charge is 2.12. The second-order valence-corrected chi connectivity index (χ2v) is 6.04. The minimum absolute atomic E-state index is 0.0566. The third-order valence-corrected chi connectivity index (χ3v) is 3.46. The van der Waals surface area contributed by atoms with Crippen LogP contribution in [0.5, 0.6) is 0 Å². The Labute approximate surface area is 115 Å². The van der Waals surface area contributed by atoms with Crippen molar-refractivity contribution in [1.29, 1.82) is 0 Å². The van der Waals surface area contributed by atoms with Crippen molar-refractivity contribution in [2.24, 2.45) is 5.73 Å². The zero-order chi connectivity index (χ0) is 14.8. The van der Waals surface area contributed by atoms with E-state index in [9.17, 15) is 13.2 Å². The zero-order valence-corrected chi connectivity index (χ0v) is 11.5. The summed E-state index contributed by atoms with van der Waals surface area (Å²) in [5.74, 6) is 0.164. The summed E-state index contributed by atoms with van der Waals surface area (Å²) in [6.45, 7) is 0.206. The monoisotopic (exact) mass is 295 g/mol. The highest BCUT2D eigenvalue weighted by Crippen LogP contribution is 2.13. The number of nitrogens with one attached hydrogen (secondary N) is 1. The molecule has 0 saturated heterocycles. The molecule has 0 radical (unpaired) electrons. The van der Waals surface area contributed by atoms with E-state index in [0.29, 0.717) is 11.4 Å². The van der Waals surface area contributed by atoms with Gasteiger partial charge in [-0.15, -0.1) is 0 Å². The van der Waals surface area contributed by atoms with E-state index in [0.717, 1.165) is 6.26 Å². The number of nitrogens with two attached hydrogens (primary N) is 1. The highest BCUT2D eigenvalue weighted by molar-refractivity contribution is 7.90. The minimum Gasteiger partial charge on any atom is -0.455 e. The van der Waals surface area contributed by atoms with E-state index >= 15 is 0 Å². The summed E-state index contributed by atoms with van der Waals surface area (Å²) >= 11 is 0. The average molecular weight is 295 g/mol. The number of nitrogens with zero attached hydrogens (tertiary/aromatic N) is 1. The summed E-state index contributed by atoms with van der Waals surface area (Å²) in [6, 6.07) is 5.89. The number of rotatable bonds is 4. The van der Waals surface area contributed by atoms with Gasteiger partial charge in [-0.2, -0.15) is 0 Å². The summed E-state index contributed by atoms with van der Waals surface area (Å²) in [4.78, 5) is 15.6. The molecule has 0 atom stereocenters. The Morgan fingerprint density at radius 2 is 2.10 bits per heavy atom. The normalized spacial score (nSPS) is 11.3. The Morgan fingerprint density at radius 3 is 2.60 bits per heavy atom. The molecule has 0 spiro atoms. The van der Waals surface area contributed by atoms with Crippen molar-refractivity contribution in [3.8, 4) is 0 Å². The van der Waals surface area contributed by atoms with Gasteiger partial charge < -0.3 is 15.5 Å². The molecule has 0 aliphatic rings. The van der Waals surface area contributed by atoms with Crippen LogP contribution in [0.3, 0.4) is 0 Å². The number of pyridine rings is 1. The number of hydrogen-bond acceptors (Lipinski definition) is 6. The molecule has 106 valence electrons. The number of sulfone groups is 1. The third kappa shape index (κ3) is 3.22. The van der Waals surface area contributed by atoms with Gasteiger partial charge in [-0.25, -0.2) is 13.4 Å². The first-order chi connectivity index (χ1) is 9.40. The molecular formula is C12H13N3O4S. The second-order valence-electron chi connectivity index (χ2n) is 4.08. The predicted molar refractivity (Wildman–Crippen MR) is 71.9 cm³/mol. The van der Waals surface area contributed by atoms with E-state index in [4.69, 9.17) is 10.2 Å². The van der Waals surface area contributed by atoms with Crippen molar-refractivity contribution in [2.75, 3.05) is 11.6 Å². The van der Waals surface area contributed by atoms with Gasteiger partial charge in [-0.3, -0.25) is 4.79 Å². The number of furan rings is 1. The number of carbonyl (C=O) groups is 1. The molecule has 3 N–H and O–H groups in total. The Balaban J connectivity index is 2.12. The van der Waals surface area contributed by atoms with Crippen LogP contribution in [0.4, 0.5) is 5.69 Å². The molecule has 20 heavy (non-hydrogen) atoms. The van der Waals surface area contributed by atoms with Crippen molar-refractivity contribution in [3.63, 3.8) is 0 Å². The van der Waals surface area contributed by atoms with Gasteiger partial charge in [-0.05, 0) is 24.3 Å². The maximum absolute atomic E-state index is 11.8. The maximum atomic E-state index is 11.8. The summed E-state index contributed by atoms with van der Waals surface area (Å²) in [5, 5.41) is 2.49. The van der Waals surface area contributed by atoms with E-state index in [1.807, 2.05) is 0 Å². The fourth-order valence-electron chi connectivity index (χ4n) is 1.48. The van der Waals surface area contributed by atoms with Crippen LogP contribution in [0.15, 0.2) is 39.9 Å². The number of anilines is 1. The molecule has 0 bridgehead atoms. The van der Waals surface area contributed by atoms with Gasteiger partial charge in [0.25, 0.3) is 5.91 Å². The van der Waals surface area contributed by atoms with Crippen molar-refractivity contribution in [1.82, 2.24) is 4.98 Å². The minimum atomic E-state index is -3.36. The number of hydrogen-bond donors (Lipinski definition) is 2. The third-order valence-electron chi connectivity index (χ3n) is 2.46. The first kappa shape index (κ1) is 14.2. The smallest absolute Gasteiger partial charge is 0.291 e. The van der Waals surface area contributed by atoms with Gasteiger partial charge in [0.05, 0.1) is 18.4 Å². The standard InChI is InChI=1S/C12H13N3O4S/c1-20(17,18)11-5-2-8(7-14-11)15-12(16)10-4-3-9(6-13)19-10/h2-5,7H,6,13H2,1H3,(H,15,16). The van der Waals surface area contributed by atoms with Crippen LogP contribution in [-0.4, -0.2) is 25.6 Å². The number of carbonyl (C=O) groups excluding carboxylic acids is 1. The molecule has 7 nitrogen and oxygen atoms in total. The van der Waals surface area contributed by atoms with Crippen molar-refractivity contribution < 1.29 is 17.6 Å². The number of amides is 1. The van der Waals surface area contributed by atoms with Gasteiger partial charge in [0.15, 0.2) is 20.6 Å². The quantitative estimate of drug-likeness (QED) is 0.861. The van der Waals surface area contributed by atoms with E-state index in [1.165, 1.54) is 24.4 Å². The summed E-state index contributed by atoms with van der Waals surface area (Å²) in [7, 11) is -3.36. The SMILES string of the molecule is CS(=O)(=O)c1ccc(NC(=O)c2ccc(CN)o2)cn1. The van der Waals surface area contributed by atoms with Crippen molar-refractivity contribution in [2.45, 2.75) is 11.6 Å². The molecule has 0 fully saturated rings. The molecule has 0 aromatic carbocycles. The summed E-state index contributed by atoms with van der Waals surface area (Å²) < 4.78 is 27.7. The van der Waals surface area contributed by atoms with E-state index in [-0.39, 0.29) is 17.3 Å². The summed E-state index contributed by atoms with van der Waals surface area (Å²) in [5.41, 5.74) is 5.75. The Hall–Kier alpha value is -2.19. The van der Waals surface area contributed by atoms with Gasteiger partial charge in [0.2, 0.25) is 0 Å². The lowest BCUT2D eigenvalue weighted by Crippen LogP contribution is -2.11. The van der Waals surface area contributed by atoms with E-state index in [1.54, 1.807) is 6.07 Å². The molecule has 0 unspecified atom stereocenters. The lowest BCUT2D eigenvalue weighted by molar-refractivity contribution is 0.0995. The van der Waals surface area contributed by atoms with Crippen LogP contribution >= 0.6 is 0 Å². The number of aromatic nitrogens is 1. The van der Waals surface area contributed by atoms with E-state index in [2.05, 4.69) is 10.3 Å². The van der Waals surface area contributed by atoms with Crippen LogP contribution in [0.2, 0.25) is 0 Å². The highest BCUT2D eigenvalue weighted by atomic mass is 32.2. The van der Waals surface area contributed by atoms with Gasteiger partial charge in [0.1, 0.15) is 5.76 Å². The molecule has 0 aliphatic heterocycles. The van der Waals surface area contributed by atoms with Gasteiger partial charge in [0, 0.05) is 6.26 Å². The van der Waals surface area contributed by atoms with Gasteiger partial charge >= 0.3 is 0 Å². The molecule has 0 aliphatic carbocycles. The van der Waals surface area contributed by atoms with Gasteiger partial charge in [-0.1, -0.05) is 0 Å². The summed E-state index contributed by atoms with van der Waals surface area (Å²) in [6.07, 6.45) is 2.33. The Bertz CT molecular complexity index is 719. The van der Waals surface area contributed by atoms with Crippen LogP contribution < -0.4 is 11.1 Å². The van der Waals surface area contributed by atoms with Crippen LogP contribution in [0.25, 0.3) is 0 Å². The molecule has 2 heterocycles. The fraction of sp³-hybridized carbons (Fsp3) is 0.167.